The van der Waals surface area contributed by atoms with Gasteiger partial charge >= 0.3 is 6.29 Å². The molecule has 1 aromatic heterocycles. The van der Waals surface area contributed by atoms with Crippen LogP contribution >= 0.6 is 0 Å². The second-order valence-electron chi connectivity index (χ2n) is 8.03. The number of aromatic nitrogens is 2. The number of ether oxygens (including phenoxy) is 2. The van der Waals surface area contributed by atoms with E-state index in [1.165, 1.54) is 10.7 Å². The van der Waals surface area contributed by atoms with Gasteiger partial charge in [-0.15, -0.1) is 13.1 Å². The van der Waals surface area contributed by atoms with Crippen molar-refractivity contribution < 1.29 is 31.6 Å². The predicted octanol–water partition coefficient (Wildman–Crippen LogP) is 4.08. The molecule has 12 heteroatoms. The van der Waals surface area contributed by atoms with E-state index in [2.05, 4.69) is 14.2 Å². The van der Waals surface area contributed by atoms with Crippen molar-refractivity contribution in [2.24, 2.45) is 9.50 Å². The maximum absolute atomic E-state index is 14.1. The smallest absolute Gasteiger partial charge is 0.395 e. The summed E-state index contributed by atoms with van der Waals surface area (Å²) in [6, 6.07) is 1.40. The second-order valence-corrected chi connectivity index (χ2v) is 9.74. The van der Waals surface area contributed by atoms with Crippen LogP contribution in [0.25, 0.3) is 0 Å². The van der Waals surface area contributed by atoms with Crippen LogP contribution in [0.5, 0.6) is 11.5 Å². The number of benzene rings is 1. The number of aryl methyl sites for hydroxylation is 1. The number of fused-ring (bicyclic) bond motifs is 1. The molecule has 1 aliphatic heterocycles. The van der Waals surface area contributed by atoms with E-state index in [1.54, 1.807) is 20.8 Å². The van der Waals surface area contributed by atoms with Crippen LogP contribution in [-0.2, 0) is 27.7 Å². The molecule has 2 heterocycles. The molecular weight excluding hydrogens is 449 g/mol. The minimum Gasteiger partial charge on any atom is -0.395 e. The summed E-state index contributed by atoms with van der Waals surface area (Å²) < 4.78 is 68.5. The van der Waals surface area contributed by atoms with Gasteiger partial charge in [-0.2, -0.15) is 5.10 Å². The average Bonchev–Trinajstić information content (AvgIpc) is 3.18. The monoisotopic (exact) mass is 474 g/mol. The summed E-state index contributed by atoms with van der Waals surface area (Å²) in [7, 11) is -3.95. The largest absolute Gasteiger partial charge is 0.586 e. The first kappa shape index (κ1) is 24.1. The first-order valence-corrected chi connectivity index (χ1v) is 11.6. The summed E-state index contributed by atoms with van der Waals surface area (Å²) in [5, 5.41) is 8.83. The zero-order valence-corrected chi connectivity index (χ0v) is 19.1. The molecule has 1 aromatic carbocycles. The number of rotatable bonds is 6. The van der Waals surface area contributed by atoms with Crippen LogP contribution in [-0.4, -0.2) is 26.2 Å². The molecule has 1 aliphatic rings. The van der Waals surface area contributed by atoms with Gasteiger partial charge in [0.25, 0.3) is 5.91 Å². The van der Waals surface area contributed by atoms with Crippen molar-refractivity contribution in [3.05, 3.63) is 34.8 Å². The molecule has 0 saturated carbocycles. The Kier molecular flexibility index (Phi) is 6.31. The maximum atomic E-state index is 14.1. The van der Waals surface area contributed by atoms with Gasteiger partial charge in [-0.1, -0.05) is 27.7 Å². The van der Waals surface area contributed by atoms with Crippen LogP contribution in [0.2, 0.25) is 0 Å². The molecule has 1 atom stereocenters. The molecule has 2 aromatic rings. The summed E-state index contributed by atoms with van der Waals surface area (Å²) in [5.41, 5.74) is 1.33. The van der Waals surface area contributed by atoms with Gasteiger partial charge in [0.2, 0.25) is 5.03 Å². The van der Waals surface area contributed by atoms with E-state index in [0.29, 0.717) is 23.2 Å². The first-order chi connectivity index (χ1) is 14.8. The summed E-state index contributed by atoms with van der Waals surface area (Å²) in [5.74, 6) is -2.60. The van der Waals surface area contributed by atoms with E-state index >= 15 is 0 Å². The van der Waals surface area contributed by atoms with Crippen LogP contribution in [0.15, 0.2) is 21.7 Å². The third-order valence-electron chi connectivity index (χ3n) is 4.93. The minimum atomic E-state index is -3.95. The lowest BCUT2D eigenvalue weighted by Crippen LogP contribution is -2.26. The molecule has 0 aliphatic carbocycles. The number of halogens is 3. The summed E-state index contributed by atoms with van der Waals surface area (Å²) in [6.07, 6.45) is -3.21. The summed E-state index contributed by atoms with van der Waals surface area (Å²) >= 11 is 0. The van der Waals surface area contributed by atoms with Gasteiger partial charge < -0.3 is 9.47 Å². The van der Waals surface area contributed by atoms with Crippen LogP contribution in [0, 0.1) is 5.82 Å². The number of nitrogens with two attached hydrogens (primary N) is 1. The highest BCUT2D eigenvalue weighted by molar-refractivity contribution is 7.91. The normalized spacial score (nSPS) is 16.5. The zero-order chi connectivity index (χ0) is 24.0. The number of carbonyl (C=O) groups is 1. The Morgan fingerprint density at radius 2 is 1.94 bits per heavy atom. The lowest BCUT2D eigenvalue weighted by molar-refractivity contribution is -0.287. The van der Waals surface area contributed by atoms with Gasteiger partial charge in [0.15, 0.2) is 27.2 Å². The Labute approximate surface area is 184 Å². The van der Waals surface area contributed by atoms with E-state index in [0.717, 1.165) is 6.20 Å². The number of hydrogen-bond donors (Lipinski definition) is 1. The van der Waals surface area contributed by atoms with E-state index < -0.39 is 39.4 Å². The van der Waals surface area contributed by atoms with Crippen molar-refractivity contribution >= 4 is 15.8 Å². The van der Waals surface area contributed by atoms with Crippen molar-refractivity contribution in [2.75, 3.05) is 0 Å². The molecule has 3 rings (SSSR count). The fourth-order valence-corrected chi connectivity index (χ4v) is 4.62. The van der Waals surface area contributed by atoms with Crippen LogP contribution in [0.3, 0.4) is 0 Å². The number of alkyl halides is 2. The van der Waals surface area contributed by atoms with Gasteiger partial charge in [-0.25, -0.2) is 13.7 Å². The highest BCUT2D eigenvalue weighted by atomic mass is 32.2. The van der Waals surface area contributed by atoms with Gasteiger partial charge in [-0.3, -0.25) is 9.48 Å². The number of nitrogens with zero attached hydrogens (tertiary/aromatic N) is 3. The van der Waals surface area contributed by atoms with Gasteiger partial charge in [-0.05, 0) is 36.0 Å². The Morgan fingerprint density at radius 1 is 1.28 bits per heavy atom. The molecule has 176 valence electrons. The van der Waals surface area contributed by atoms with Crippen LogP contribution < -0.4 is 14.6 Å². The number of amides is 1. The molecule has 0 radical (unpaired) electrons. The predicted molar refractivity (Wildman–Crippen MR) is 110 cm³/mol. The van der Waals surface area contributed by atoms with Crippen molar-refractivity contribution in [1.82, 2.24) is 9.78 Å². The molecule has 0 fully saturated rings. The van der Waals surface area contributed by atoms with E-state index in [9.17, 15) is 22.2 Å². The Hall–Kier alpha value is -2.60. The molecule has 8 nitrogen and oxygen atoms in total. The van der Waals surface area contributed by atoms with Gasteiger partial charge in [0.1, 0.15) is 0 Å². The third-order valence-corrected chi connectivity index (χ3v) is 6.24. The minimum absolute atomic E-state index is 0.120. The molecule has 0 spiro atoms. The SMILES string of the molecule is CCn1cc(F)c(S(N)(=O)=NC(=O)Cc2c(C(C)C)cc3c(c2C(C)C)OC(F)(F)O3)n1. The average molecular weight is 475 g/mol. The number of hydrogen-bond acceptors (Lipinski definition) is 5. The molecule has 1 amide bonds. The van der Waals surface area contributed by atoms with Gasteiger partial charge in [0.05, 0.1) is 12.6 Å². The fourth-order valence-electron chi connectivity index (χ4n) is 3.61. The van der Waals surface area contributed by atoms with Crippen molar-refractivity contribution in [1.29, 1.82) is 0 Å². The summed E-state index contributed by atoms with van der Waals surface area (Å²) in [4.78, 5) is 12.8. The lowest BCUT2D eigenvalue weighted by atomic mass is 9.86. The maximum Gasteiger partial charge on any atom is 0.586 e. The standard InChI is InChI=1S/C20H25F3N4O4S/c1-6-27-9-14(21)19(25-27)32(24,29)26-16(28)8-13-12(10(2)3)7-15-18(17(13)11(4)5)31-20(22,23)30-15/h7,9-11H,6,8H2,1-5H3,(H2,24,26,28,29). The Balaban J connectivity index is 2.08. The van der Waals surface area contributed by atoms with Gasteiger partial charge in [0, 0.05) is 12.1 Å². The molecule has 32 heavy (non-hydrogen) atoms. The molecule has 2 N–H and O–H groups in total. The summed E-state index contributed by atoms with van der Waals surface area (Å²) in [6.45, 7) is 9.15. The molecule has 1 unspecified atom stereocenters. The van der Waals surface area contributed by atoms with E-state index in [4.69, 9.17) is 9.88 Å². The molecule has 0 saturated heterocycles. The van der Waals surface area contributed by atoms with E-state index in [-0.39, 0.29) is 23.3 Å². The zero-order valence-electron chi connectivity index (χ0n) is 18.3. The van der Waals surface area contributed by atoms with Crippen LogP contribution in [0.1, 0.15) is 63.1 Å². The highest BCUT2D eigenvalue weighted by Crippen LogP contribution is 2.49. The molecule has 0 bridgehead atoms. The second kappa shape index (κ2) is 8.39. The number of carbonyl (C=O) groups excluding carboxylic acids is 1. The highest BCUT2D eigenvalue weighted by Gasteiger charge is 2.46. The molecular formula is C20H25F3N4O4S. The Morgan fingerprint density at radius 3 is 2.47 bits per heavy atom. The van der Waals surface area contributed by atoms with Crippen molar-refractivity contribution in [3.8, 4) is 11.5 Å². The first-order valence-electron chi connectivity index (χ1n) is 10.0. The fraction of sp³-hybridized carbons (Fsp3) is 0.500. The Bertz CT molecular complexity index is 1180. The third kappa shape index (κ3) is 4.60. The lowest BCUT2D eigenvalue weighted by Gasteiger charge is -2.20. The van der Waals surface area contributed by atoms with Crippen LogP contribution in [0.4, 0.5) is 13.2 Å². The van der Waals surface area contributed by atoms with Crippen molar-refractivity contribution in [3.63, 3.8) is 0 Å². The quantitative estimate of drug-likeness (QED) is 0.679. The van der Waals surface area contributed by atoms with Crippen molar-refractivity contribution in [2.45, 2.75) is 70.7 Å². The topological polar surface area (TPSA) is 109 Å². The van der Waals surface area contributed by atoms with E-state index in [1.807, 2.05) is 13.8 Å².